The zero-order chi connectivity index (χ0) is 74.2. The molecule has 0 aliphatic heterocycles. The van der Waals surface area contributed by atoms with Gasteiger partial charge in [-0.3, -0.25) is 37.3 Å². The average molecular weight is 1480 g/mol. The average Bonchev–Trinajstić information content (AvgIpc) is 1.34. The highest BCUT2D eigenvalue weighted by Gasteiger charge is 2.30. The van der Waals surface area contributed by atoms with Crippen LogP contribution in [0.1, 0.15) is 433 Å². The summed E-state index contributed by atoms with van der Waals surface area (Å²) in [4.78, 5) is 73.1. The molecule has 0 aromatic carbocycles. The Kier molecular flexibility index (Phi) is 72.2. The largest absolute Gasteiger partial charge is 0.472 e. The molecular weight excluding hydrogens is 1320 g/mol. The first kappa shape index (κ1) is 99.1. The molecule has 3 N–H and O–H groups in total. The van der Waals surface area contributed by atoms with Crippen LogP contribution in [0.4, 0.5) is 0 Å². The van der Waals surface area contributed by atoms with E-state index in [1.165, 1.54) is 250 Å². The second-order valence-corrected chi connectivity index (χ2v) is 33.1. The van der Waals surface area contributed by atoms with E-state index in [0.717, 1.165) is 102 Å². The molecular formula is C82H160O17P2. The lowest BCUT2D eigenvalue weighted by Crippen LogP contribution is -2.30. The van der Waals surface area contributed by atoms with E-state index >= 15 is 0 Å². The van der Waals surface area contributed by atoms with Crippen LogP contribution in [0.25, 0.3) is 0 Å². The first-order chi connectivity index (χ1) is 48.9. The number of phosphoric acid groups is 2. The highest BCUT2D eigenvalue weighted by atomic mass is 31.2. The van der Waals surface area contributed by atoms with Crippen LogP contribution in [0.3, 0.4) is 0 Å². The van der Waals surface area contributed by atoms with Crippen LogP contribution in [0, 0.1) is 11.8 Å². The van der Waals surface area contributed by atoms with Gasteiger partial charge in [0.05, 0.1) is 26.4 Å². The molecule has 0 radical (unpaired) electrons. The van der Waals surface area contributed by atoms with Crippen molar-refractivity contribution in [2.45, 2.75) is 452 Å². The monoisotopic (exact) mass is 1480 g/mol. The fourth-order valence-corrected chi connectivity index (χ4v) is 14.3. The number of rotatable bonds is 81. The normalized spacial score (nSPS) is 14.2. The lowest BCUT2D eigenvalue weighted by atomic mass is 9.99. The zero-order valence-electron chi connectivity index (χ0n) is 66.2. The maximum absolute atomic E-state index is 13.1. The minimum Gasteiger partial charge on any atom is -0.462 e. The molecule has 17 nitrogen and oxygen atoms in total. The van der Waals surface area contributed by atoms with Crippen LogP contribution in [0.5, 0.6) is 0 Å². The van der Waals surface area contributed by atoms with E-state index in [1.54, 1.807) is 0 Å². The summed E-state index contributed by atoms with van der Waals surface area (Å²) in [6.07, 6.45) is 63.5. The third kappa shape index (κ3) is 74.7. The van der Waals surface area contributed by atoms with Crippen LogP contribution in [0.15, 0.2) is 0 Å². The van der Waals surface area contributed by atoms with Gasteiger partial charge in [-0.1, -0.05) is 382 Å². The van der Waals surface area contributed by atoms with Crippen molar-refractivity contribution in [3.8, 4) is 0 Å². The molecule has 101 heavy (non-hydrogen) atoms. The number of unbranched alkanes of at least 4 members (excludes halogenated alkanes) is 50. The Hall–Kier alpha value is -1.94. The predicted molar refractivity (Wildman–Crippen MR) is 414 cm³/mol. The number of esters is 4. The summed E-state index contributed by atoms with van der Waals surface area (Å²) >= 11 is 0. The van der Waals surface area contributed by atoms with Crippen molar-refractivity contribution in [1.29, 1.82) is 0 Å². The number of hydrogen-bond donors (Lipinski definition) is 3. The molecule has 0 spiro atoms. The van der Waals surface area contributed by atoms with Gasteiger partial charge < -0.3 is 33.8 Å². The van der Waals surface area contributed by atoms with Crippen molar-refractivity contribution in [1.82, 2.24) is 0 Å². The summed E-state index contributed by atoms with van der Waals surface area (Å²) in [5, 5.41) is 10.7. The molecule has 6 atom stereocenters. The number of phosphoric ester groups is 2. The van der Waals surface area contributed by atoms with E-state index < -0.39 is 97.5 Å². The topological polar surface area (TPSA) is 237 Å². The Morgan fingerprint density at radius 2 is 0.505 bits per heavy atom. The summed E-state index contributed by atoms with van der Waals surface area (Å²) in [5.41, 5.74) is 0. The van der Waals surface area contributed by atoms with Gasteiger partial charge in [-0.15, -0.1) is 0 Å². The number of hydrogen-bond acceptors (Lipinski definition) is 15. The molecule has 600 valence electrons. The van der Waals surface area contributed by atoms with Crippen molar-refractivity contribution in [3.05, 3.63) is 0 Å². The lowest BCUT2D eigenvalue weighted by molar-refractivity contribution is -0.161. The van der Waals surface area contributed by atoms with E-state index in [2.05, 4.69) is 41.5 Å². The van der Waals surface area contributed by atoms with E-state index in [-0.39, 0.29) is 25.7 Å². The fraction of sp³-hybridized carbons (Fsp3) is 0.951. The van der Waals surface area contributed by atoms with Crippen LogP contribution in [-0.2, 0) is 65.4 Å². The Morgan fingerprint density at radius 1 is 0.287 bits per heavy atom. The number of carbonyl (C=O) groups excluding carboxylic acids is 4. The first-order valence-electron chi connectivity index (χ1n) is 42.5. The van der Waals surface area contributed by atoms with Crippen LogP contribution in [0.2, 0.25) is 0 Å². The Labute approximate surface area is 619 Å². The maximum Gasteiger partial charge on any atom is 0.472 e. The van der Waals surface area contributed by atoms with Gasteiger partial charge in [0.25, 0.3) is 0 Å². The predicted octanol–water partition coefficient (Wildman–Crippen LogP) is 24.7. The van der Waals surface area contributed by atoms with Crippen molar-refractivity contribution in [3.63, 3.8) is 0 Å². The van der Waals surface area contributed by atoms with Gasteiger partial charge in [0.15, 0.2) is 12.2 Å². The maximum atomic E-state index is 13.1. The first-order valence-corrected chi connectivity index (χ1v) is 45.5. The minimum absolute atomic E-state index is 0.108. The Bertz CT molecular complexity index is 1940. The van der Waals surface area contributed by atoms with E-state index in [9.17, 15) is 43.2 Å². The molecule has 0 bridgehead atoms. The molecule has 0 aliphatic rings. The van der Waals surface area contributed by atoms with Gasteiger partial charge in [-0.05, 0) is 37.5 Å². The zero-order valence-corrected chi connectivity index (χ0v) is 68.0. The molecule has 0 heterocycles. The summed E-state index contributed by atoms with van der Waals surface area (Å²) in [5.74, 6) is -0.459. The van der Waals surface area contributed by atoms with Gasteiger partial charge >= 0.3 is 39.5 Å². The van der Waals surface area contributed by atoms with Crippen molar-refractivity contribution in [2.24, 2.45) is 11.8 Å². The Balaban J connectivity index is 5.26. The standard InChI is InChI=1S/C82H160O17P2/c1-7-10-12-14-16-18-20-26-34-40-46-52-58-64-79(84)92-70-77(98-81(86)66-60-54-48-42-36-27-21-19-17-15-13-11-8-2)72-96-100(88,89)94-68-76(83)69-95-101(90,91)97-73-78(71-93-80(85)65-59-53-47-41-35-30-24-22-28-32-38-44-50-56-62-74(4)5)99-82(87)67-61-55-49-43-37-31-25-23-29-33-39-45-51-57-63-75(6)9-3/h74-78,83H,7-73H2,1-6H3,(H,88,89)(H,90,91)/t75?,76-,77+,78+/m0/s1. The van der Waals surface area contributed by atoms with Gasteiger partial charge in [-0.2, -0.15) is 0 Å². The van der Waals surface area contributed by atoms with Crippen molar-refractivity contribution < 1.29 is 80.2 Å². The summed E-state index contributed by atoms with van der Waals surface area (Å²) in [6.45, 7) is 9.73. The molecule has 0 saturated heterocycles. The summed E-state index contributed by atoms with van der Waals surface area (Å²) in [7, 11) is -9.92. The number of ether oxygens (including phenoxy) is 4. The smallest absolute Gasteiger partial charge is 0.462 e. The number of aliphatic hydroxyl groups is 1. The van der Waals surface area contributed by atoms with E-state index in [0.29, 0.717) is 25.7 Å². The van der Waals surface area contributed by atoms with Crippen LogP contribution in [-0.4, -0.2) is 96.7 Å². The SMILES string of the molecule is CCCCCCCCCCCCCCCC(=O)OC[C@H](COP(=O)(O)OC[C@H](O)COP(=O)(O)OC[C@@H](COC(=O)CCCCCCCCCCCCCCCCC(C)C)OC(=O)CCCCCCCCCCCCCCCCC(C)CC)OC(=O)CCCCCCCCCCCCCCC. The number of aliphatic hydroxyl groups excluding tert-OH is 1. The molecule has 0 fully saturated rings. The van der Waals surface area contributed by atoms with Gasteiger partial charge in [0.2, 0.25) is 0 Å². The highest BCUT2D eigenvalue weighted by molar-refractivity contribution is 7.47. The van der Waals surface area contributed by atoms with E-state index in [4.69, 9.17) is 37.0 Å². The van der Waals surface area contributed by atoms with E-state index in [1.807, 2.05) is 0 Å². The third-order valence-electron chi connectivity index (χ3n) is 19.6. The van der Waals surface area contributed by atoms with Crippen LogP contribution < -0.4 is 0 Å². The summed E-state index contributed by atoms with van der Waals surface area (Å²) < 4.78 is 68.8. The quantitative estimate of drug-likeness (QED) is 0.0222. The third-order valence-corrected chi connectivity index (χ3v) is 21.5. The second kappa shape index (κ2) is 73.6. The molecule has 3 unspecified atom stereocenters. The molecule has 19 heteroatoms. The molecule has 0 aromatic rings. The van der Waals surface area contributed by atoms with Crippen LogP contribution >= 0.6 is 15.6 Å². The molecule has 0 aliphatic carbocycles. The molecule has 0 saturated carbocycles. The molecule has 0 rings (SSSR count). The second-order valence-electron chi connectivity index (χ2n) is 30.2. The molecule has 0 aromatic heterocycles. The molecule has 0 amide bonds. The lowest BCUT2D eigenvalue weighted by Gasteiger charge is -2.21. The van der Waals surface area contributed by atoms with Gasteiger partial charge in [-0.25, -0.2) is 9.13 Å². The minimum atomic E-state index is -4.96. The van der Waals surface area contributed by atoms with Gasteiger partial charge in [0.1, 0.15) is 19.3 Å². The van der Waals surface area contributed by atoms with Crippen molar-refractivity contribution >= 4 is 39.5 Å². The van der Waals surface area contributed by atoms with Crippen molar-refractivity contribution in [2.75, 3.05) is 39.6 Å². The summed E-state index contributed by atoms with van der Waals surface area (Å²) in [6, 6.07) is 0. The Morgan fingerprint density at radius 3 is 0.752 bits per heavy atom. The fourth-order valence-electron chi connectivity index (χ4n) is 12.7. The highest BCUT2D eigenvalue weighted by Crippen LogP contribution is 2.45. The number of carbonyl (C=O) groups is 4. The van der Waals surface area contributed by atoms with Gasteiger partial charge in [0, 0.05) is 25.7 Å².